The van der Waals surface area contributed by atoms with Gasteiger partial charge in [-0.05, 0) is 90.0 Å². The van der Waals surface area contributed by atoms with Gasteiger partial charge in [0.05, 0.1) is 0 Å². The Kier molecular flexibility index (Phi) is 7.32. The monoisotopic (exact) mass is 480 g/mol. The SMILES string of the molecule is Cc1ccc(-c2ccc(CCc3ccc(-c4ccc(C5CCC(C)CC5)cc4F)cc3)cc2)c(F)c1. The molecule has 184 valence electrons. The lowest BCUT2D eigenvalue weighted by Crippen LogP contribution is -2.11. The zero-order chi connectivity index (χ0) is 25.1. The highest BCUT2D eigenvalue weighted by molar-refractivity contribution is 5.66. The summed E-state index contributed by atoms with van der Waals surface area (Å²) in [6.07, 6.45) is 6.62. The van der Waals surface area contributed by atoms with Gasteiger partial charge in [-0.25, -0.2) is 8.78 Å². The predicted octanol–water partition coefficient (Wildman–Crippen LogP) is 9.69. The van der Waals surface area contributed by atoms with E-state index in [1.807, 2.05) is 49.4 Å². The van der Waals surface area contributed by atoms with E-state index in [0.717, 1.165) is 41.0 Å². The molecule has 0 saturated heterocycles. The van der Waals surface area contributed by atoms with E-state index in [0.29, 0.717) is 17.0 Å². The number of rotatable bonds is 6. The van der Waals surface area contributed by atoms with Crippen molar-refractivity contribution in [1.29, 1.82) is 0 Å². The molecule has 0 aliphatic heterocycles. The van der Waals surface area contributed by atoms with Gasteiger partial charge < -0.3 is 0 Å². The smallest absolute Gasteiger partial charge is 0.131 e. The van der Waals surface area contributed by atoms with E-state index >= 15 is 4.39 Å². The first-order valence-electron chi connectivity index (χ1n) is 13.2. The largest absolute Gasteiger partial charge is 0.206 e. The quantitative estimate of drug-likeness (QED) is 0.258. The van der Waals surface area contributed by atoms with Crippen molar-refractivity contribution in [2.75, 3.05) is 0 Å². The Morgan fingerprint density at radius 2 is 1.11 bits per heavy atom. The molecule has 0 unspecified atom stereocenters. The molecular weight excluding hydrogens is 446 g/mol. The van der Waals surface area contributed by atoms with Crippen LogP contribution in [0, 0.1) is 24.5 Å². The predicted molar refractivity (Wildman–Crippen MR) is 146 cm³/mol. The molecule has 0 atom stereocenters. The van der Waals surface area contributed by atoms with E-state index in [4.69, 9.17) is 0 Å². The van der Waals surface area contributed by atoms with Crippen LogP contribution in [0.25, 0.3) is 22.3 Å². The summed E-state index contributed by atoms with van der Waals surface area (Å²) in [5, 5.41) is 0. The van der Waals surface area contributed by atoms with Crippen LogP contribution in [0.3, 0.4) is 0 Å². The van der Waals surface area contributed by atoms with Gasteiger partial charge in [0, 0.05) is 11.1 Å². The molecule has 0 N–H and O–H groups in total. The van der Waals surface area contributed by atoms with E-state index in [1.54, 1.807) is 12.1 Å². The summed E-state index contributed by atoms with van der Waals surface area (Å²) < 4.78 is 29.3. The van der Waals surface area contributed by atoms with Gasteiger partial charge in [0.1, 0.15) is 11.6 Å². The third-order valence-electron chi connectivity index (χ3n) is 7.84. The Bertz CT molecular complexity index is 1310. The second kappa shape index (κ2) is 10.8. The molecule has 0 aromatic heterocycles. The van der Waals surface area contributed by atoms with Gasteiger partial charge in [0.2, 0.25) is 0 Å². The summed E-state index contributed by atoms with van der Waals surface area (Å²) in [6, 6.07) is 27.6. The number of aryl methyl sites for hydroxylation is 3. The second-order valence-electron chi connectivity index (χ2n) is 10.6. The molecule has 0 bridgehead atoms. The van der Waals surface area contributed by atoms with Crippen molar-refractivity contribution in [2.24, 2.45) is 5.92 Å². The molecule has 1 fully saturated rings. The molecule has 1 saturated carbocycles. The van der Waals surface area contributed by atoms with Crippen molar-refractivity contribution in [3.05, 3.63) is 119 Å². The van der Waals surface area contributed by atoms with Crippen LogP contribution >= 0.6 is 0 Å². The molecular formula is C34H34F2. The Hall–Kier alpha value is -3.26. The lowest BCUT2D eigenvalue weighted by atomic mass is 9.79. The fourth-order valence-corrected chi connectivity index (χ4v) is 5.46. The number of hydrogen-bond acceptors (Lipinski definition) is 0. The van der Waals surface area contributed by atoms with Crippen LogP contribution in [0.4, 0.5) is 8.78 Å². The van der Waals surface area contributed by atoms with Crippen LogP contribution in [0.2, 0.25) is 0 Å². The highest BCUT2D eigenvalue weighted by Gasteiger charge is 2.20. The highest BCUT2D eigenvalue weighted by Crippen LogP contribution is 2.37. The zero-order valence-corrected chi connectivity index (χ0v) is 21.2. The maximum Gasteiger partial charge on any atom is 0.131 e. The first-order valence-corrected chi connectivity index (χ1v) is 13.2. The van der Waals surface area contributed by atoms with Gasteiger partial charge in [0.15, 0.2) is 0 Å². The van der Waals surface area contributed by atoms with Gasteiger partial charge in [-0.15, -0.1) is 0 Å². The lowest BCUT2D eigenvalue weighted by molar-refractivity contribution is 0.347. The molecule has 0 radical (unpaired) electrons. The van der Waals surface area contributed by atoms with Crippen LogP contribution in [0.15, 0.2) is 84.9 Å². The van der Waals surface area contributed by atoms with Gasteiger partial charge in [0.25, 0.3) is 0 Å². The van der Waals surface area contributed by atoms with Crippen LogP contribution in [-0.2, 0) is 12.8 Å². The molecule has 0 spiro atoms. The van der Waals surface area contributed by atoms with E-state index < -0.39 is 0 Å². The molecule has 1 aliphatic carbocycles. The third-order valence-corrected chi connectivity index (χ3v) is 7.84. The fraction of sp³-hybridized carbons (Fsp3) is 0.294. The Balaban J connectivity index is 1.21. The Morgan fingerprint density at radius 1 is 0.611 bits per heavy atom. The van der Waals surface area contributed by atoms with E-state index in [1.165, 1.54) is 36.8 Å². The maximum absolute atomic E-state index is 15.0. The molecule has 4 aromatic carbocycles. The number of benzene rings is 4. The summed E-state index contributed by atoms with van der Waals surface area (Å²) in [5.74, 6) is 0.991. The van der Waals surface area contributed by atoms with Crippen molar-refractivity contribution in [3.63, 3.8) is 0 Å². The maximum atomic E-state index is 15.0. The summed E-state index contributed by atoms with van der Waals surface area (Å²) in [4.78, 5) is 0. The molecule has 0 nitrogen and oxygen atoms in total. The Morgan fingerprint density at radius 3 is 1.61 bits per heavy atom. The second-order valence-corrected chi connectivity index (χ2v) is 10.6. The van der Waals surface area contributed by atoms with E-state index in [9.17, 15) is 4.39 Å². The highest BCUT2D eigenvalue weighted by atomic mass is 19.1. The average molecular weight is 481 g/mol. The van der Waals surface area contributed by atoms with Crippen molar-refractivity contribution >= 4 is 0 Å². The molecule has 0 amide bonds. The first-order chi connectivity index (χ1) is 17.5. The standard InChI is InChI=1S/C34H34F2/c1-23-3-12-27(13-4-23)30-18-20-32(34(36)22-30)29-16-10-26(11-17-29)7-6-25-8-14-28(15-9-25)31-19-5-24(2)21-33(31)35/h5,8-11,14-23,27H,3-4,6-7,12-13H2,1-2H3. The van der Waals surface area contributed by atoms with Crippen molar-refractivity contribution in [1.82, 2.24) is 0 Å². The molecule has 1 aliphatic rings. The summed E-state index contributed by atoms with van der Waals surface area (Å²) in [6.45, 7) is 4.21. The minimum atomic E-state index is -0.183. The van der Waals surface area contributed by atoms with Crippen LogP contribution in [-0.4, -0.2) is 0 Å². The van der Waals surface area contributed by atoms with Crippen LogP contribution < -0.4 is 0 Å². The molecule has 2 heteroatoms. The topological polar surface area (TPSA) is 0 Å². The van der Waals surface area contributed by atoms with Gasteiger partial charge in [-0.2, -0.15) is 0 Å². The van der Waals surface area contributed by atoms with Crippen molar-refractivity contribution in [2.45, 2.75) is 58.3 Å². The summed E-state index contributed by atoms with van der Waals surface area (Å²) in [5.41, 5.74) is 7.64. The van der Waals surface area contributed by atoms with Crippen molar-refractivity contribution in [3.8, 4) is 22.3 Å². The summed E-state index contributed by atoms with van der Waals surface area (Å²) >= 11 is 0. The lowest BCUT2D eigenvalue weighted by Gasteiger charge is -2.26. The Labute approximate surface area is 214 Å². The normalized spacial score (nSPS) is 17.8. The zero-order valence-electron chi connectivity index (χ0n) is 21.2. The van der Waals surface area contributed by atoms with E-state index in [-0.39, 0.29) is 11.6 Å². The molecule has 36 heavy (non-hydrogen) atoms. The number of halogens is 2. The third kappa shape index (κ3) is 5.59. The summed E-state index contributed by atoms with van der Waals surface area (Å²) in [7, 11) is 0. The van der Waals surface area contributed by atoms with Crippen molar-refractivity contribution < 1.29 is 8.78 Å². The van der Waals surface area contributed by atoms with Gasteiger partial charge in [-0.3, -0.25) is 0 Å². The molecule has 4 aromatic rings. The van der Waals surface area contributed by atoms with Gasteiger partial charge in [-0.1, -0.05) is 92.6 Å². The first kappa shape index (κ1) is 24.4. The van der Waals surface area contributed by atoms with Crippen LogP contribution in [0.1, 0.15) is 60.8 Å². The van der Waals surface area contributed by atoms with E-state index in [2.05, 4.69) is 37.3 Å². The fourth-order valence-electron chi connectivity index (χ4n) is 5.46. The molecule has 0 heterocycles. The minimum Gasteiger partial charge on any atom is -0.206 e. The van der Waals surface area contributed by atoms with Gasteiger partial charge >= 0.3 is 0 Å². The number of hydrogen-bond donors (Lipinski definition) is 0. The van der Waals surface area contributed by atoms with Crippen LogP contribution in [0.5, 0.6) is 0 Å². The minimum absolute atomic E-state index is 0.121. The molecule has 5 rings (SSSR count). The average Bonchev–Trinajstić information content (AvgIpc) is 2.89.